The van der Waals surface area contributed by atoms with Gasteiger partial charge in [0.1, 0.15) is 5.60 Å². The van der Waals surface area contributed by atoms with E-state index in [0.717, 1.165) is 6.42 Å². The summed E-state index contributed by atoms with van der Waals surface area (Å²) in [6.45, 7) is 5.47. The average molecular weight is 255 g/mol. The van der Waals surface area contributed by atoms with E-state index in [9.17, 15) is 9.59 Å². The maximum absolute atomic E-state index is 11.6. The van der Waals surface area contributed by atoms with E-state index in [0.29, 0.717) is 18.4 Å². The minimum absolute atomic E-state index is 0.0215. The molecule has 1 aliphatic carbocycles. The van der Waals surface area contributed by atoms with E-state index in [-0.39, 0.29) is 12.0 Å². The lowest BCUT2D eigenvalue weighted by atomic mass is 9.95. The number of hydrogen-bond acceptors (Lipinski definition) is 4. The van der Waals surface area contributed by atoms with Crippen molar-refractivity contribution in [2.24, 2.45) is 0 Å². The fourth-order valence-corrected chi connectivity index (χ4v) is 1.76. The van der Waals surface area contributed by atoms with Crippen LogP contribution in [0.5, 0.6) is 0 Å². The van der Waals surface area contributed by atoms with E-state index in [1.807, 2.05) is 26.8 Å². The first-order valence-corrected chi connectivity index (χ1v) is 6.08. The SMILES string of the molecule is COC(=O)C1=CCC(NC(=O)OC(C)(C)C)CC1. The number of amides is 1. The number of methoxy groups -OCH3 is 1. The third-order valence-electron chi connectivity index (χ3n) is 2.58. The molecule has 0 aromatic rings. The molecule has 102 valence electrons. The van der Waals surface area contributed by atoms with Crippen LogP contribution in [-0.4, -0.2) is 30.8 Å². The summed E-state index contributed by atoms with van der Waals surface area (Å²) in [5, 5.41) is 2.80. The molecule has 0 aromatic heterocycles. The van der Waals surface area contributed by atoms with Gasteiger partial charge in [0.2, 0.25) is 0 Å². The molecule has 0 fully saturated rings. The summed E-state index contributed by atoms with van der Waals surface area (Å²) in [5.74, 6) is -0.286. The molecule has 0 saturated heterocycles. The van der Waals surface area contributed by atoms with Gasteiger partial charge in [-0.1, -0.05) is 6.08 Å². The molecule has 0 spiro atoms. The van der Waals surface area contributed by atoms with Crippen LogP contribution < -0.4 is 5.32 Å². The van der Waals surface area contributed by atoms with Crippen molar-refractivity contribution in [3.05, 3.63) is 11.6 Å². The standard InChI is InChI=1S/C13H21NO4/c1-13(2,3)18-12(16)14-10-7-5-9(6-8-10)11(15)17-4/h5,10H,6-8H2,1-4H3,(H,14,16). The minimum Gasteiger partial charge on any atom is -0.466 e. The zero-order valence-corrected chi connectivity index (χ0v) is 11.4. The predicted molar refractivity (Wildman–Crippen MR) is 67.1 cm³/mol. The Morgan fingerprint density at radius 3 is 2.50 bits per heavy atom. The quantitative estimate of drug-likeness (QED) is 0.768. The second kappa shape index (κ2) is 5.89. The Hall–Kier alpha value is -1.52. The van der Waals surface area contributed by atoms with Crippen LogP contribution >= 0.6 is 0 Å². The van der Waals surface area contributed by atoms with Crippen molar-refractivity contribution < 1.29 is 19.1 Å². The van der Waals surface area contributed by atoms with Gasteiger partial charge < -0.3 is 14.8 Å². The molecule has 5 nitrogen and oxygen atoms in total. The van der Waals surface area contributed by atoms with Crippen molar-refractivity contribution in [3.8, 4) is 0 Å². The van der Waals surface area contributed by atoms with Gasteiger partial charge in [-0.2, -0.15) is 0 Å². The summed E-state index contributed by atoms with van der Waals surface area (Å²) in [5.41, 5.74) is 0.186. The molecule has 1 amide bonds. The Morgan fingerprint density at radius 2 is 2.06 bits per heavy atom. The summed E-state index contributed by atoms with van der Waals surface area (Å²) in [7, 11) is 1.37. The number of carbonyl (C=O) groups is 2. The van der Waals surface area contributed by atoms with Crippen LogP contribution in [-0.2, 0) is 14.3 Å². The second-order valence-electron chi connectivity index (χ2n) is 5.34. The molecule has 0 bridgehead atoms. The largest absolute Gasteiger partial charge is 0.466 e. The van der Waals surface area contributed by atoms with Crippen LogP contribution in [0.25, 0.3) is 0 Å². The summed E-state index contributed by atoms with van der Waals surface area (Å²) < 4.78 is 9.83. The number of nitrogens with one attached hydrogen (secondary N) is 1. The smallest absolute Gasteiger partial charge is 0.407 e. The van der Waals surface area contributed by atoms with Gasteiger partial charge in [-0.3, -0.25) is 0 Å². The molecule has 18 heavy (non-hydrogen) atoms. The van der Waals surface area contributed by atoms with Gasteiger partial charge in [0.15, 0.2) is 0 Å². The van der Waals surface area contributed by atoms with E-state index in [1.54, 1.807) is 0 Å². The lowest BCUT2D eigenvalue weighted by molar-refractivity contribution is -0.136. The van der Waals surface area contributed by atoms with Crippen molar-refractivity contribution in [2.45, 2.75) is 51.7 Å². The van der Waals surface area contributed by atoms with E-state index in [2.05, 4.69) is 10.1 Å². The normalized spacial score (nSPS) is 19.8. The number of ether oxygens (including phenoxy) is 2. The molecule has 1 rings (SSSR count). The molecule has 1 unspecified atom stereocenters. The Bertz CT molecular complexity index is 354. The van der Waals surface area contributed by atoms with E-state index >= 15 is 0 Å². The Kier molecular flexibility index (Phi) is 4.76. The molecule has 0 radical (unpaired) electrons. The topological polar surface area (TPSA) is 64.6 Å². The zero-order chi connectivity index (χ0) is 13.8. The number of esters is 1. The van der Waals surface area contributed by atoms with Gasteiger partial charge in [-0.15, -0.1) is 0 Å². The van der Waals surface area contributed by atoms with Gasteiger partial charge in [0.05, 0.1) is 7.11 Å². The summed E-state index contributed by atoms with van der Waals surface area (Å²) >= 11 is 0. The van der Waals surface area contributed by atoms with Crippen molar-refractivity contribution >= 4 is 12.1 Å². The first-order chi connectivity index (χ1) is 8.31. The molecular formula is C13H21NO4. The Morgan fingerprint density at radius 1 is 1.39 bits per heavy atom. The monoisotopic (exact) mass is 255 g/mol. The van der Waals surface area contributed by atoms with Crippen molar-refractivity contribution in [1.82, 2.24) is 5.32 Å². The number of rotatable bonds is 2. The van der Waals surface area contributed by atoms with Crippen LogP contribution in [0.3, 0.4) is 0 Å². The Labute approximate surface area is 108 Å². The maximum Gasteiger partial charge on any atom is 0.407 e. The summed E-state index contributed by atoms with van der Waals surface area (Å²) in [6.07, 6.45) is 3.37. The number of carbonyl (C=O) groups excluding carboxylic acids is 2. The van der Waals surface area contributed by atoms with Crippen LogP contribution in [0.15, 0.2) is 11.6 Å². The fourth-order valence-electron chi connectivity index (χ4n) is 1.76. The van der Waals surface area contributed by atoms with Gasteiger partial charge >= 0.3 is 12.1 Å². The first kappa shape index (κ1) is 14.5. The van der Waals surface area contributed by atoms with Gasteiger partial charge in [-0.05, 0) is 40.0 Å². The highest BCUT2D eigenvalue weighted by atomic mass is 16.6. The molecule has 0 saturated carbocycles. The van der Waals surface area contributed by atoms with E-state index < -0.39 is 11.7 Å². The van der Waals surface area contributed by atoms with Crippen molar-refractivity contribution in [1.29, 1.82) is 0 Å². The van der Waals surface area contributed by atoms with Gasteiger partial charge in [0, 0.05) is 11.6 Å². The van der Waals surface area contributed by atoms with Gasteiger partial charge in [-0.25, -0.2) is 9.59 Å². The lowest BCUT2D eigenvalue weighted by Crippen LogP contribution is -2.40. The lowest BCUT2D eigenvalue weighted by Gasteiger charge is -2.25. The average Bonchev–Trinajstić information content (AvgIpc) is 2.26. The molecule has 1 atom stereocenters. The molecule has 0 heterocycles. The predicted octanol–water partition coefficient (Wildman–Crippen LogP) is 2.16. The summed E-state index contributed by atoms with van der Waals surface area (Å²) in [6, 6.07) is 0.0215. The molecule has 1 N–H and O–H groups in total. The highest BCUT2D eigenvalue weighted by molar-refractivity contribution is 5.88. The molecule has 0 aromatic carbocycles. The van der Waals surface area contributed by atoms with E-state index in [4.69, 9.17) is 4.74 Å². The van der Waals surface area contributed by atoms with Crippen molar-refractivity contribution in [2.75, 3.05) is 7.11 Å². The van der Waals surface area contributed by atoms with E-state index in [1.165, 1.54) is 7.11 Å². The number of alkyl carbamates (subject to hydrolysis) is 1. The van der Waals surface area contributed by atoms with Crippen molar-refractivity contribution in [3.63, 3.8) is 0 Å². The third kappa shape index (κ3) is 4.77. The third-order valence-corrected chi connectivity index (χ3v) is 2.58. The zero-order valence-electron chi connectivity index (χ0n) is 11.4. The Balaban J connectivity index is 2.42. The van der Waals surface area contributed by atoms with Gasteiger partial charge in [0.25, 0.3) is 0 Å². The fraction of sp³-hybridized carbons (Fsp3) is 0.692. The molecule has 5 heteroatoms. The van der Waals surface area contributed by atoms with Crippen LogP contribution in [0, 0.1) is 0 Å². The molecular weight excluding hydrogens is 234 g/mol. The second-order valence-corrected chi connectivity index (χ2v) is 5.34. The first-order valence-electron chi connectivity index (χ1n) is 6.08. The number of hydrogen-bond donors (Lipinski definition) is 1. The van der Waals surface area contributed by atoms with Crippen LogP contribution in [0.4, 0.5) is 4.79 Å². The minimum atomic E-state index is -0.494. The van der Waals surface area contributed by atoms with Crippen LogP contribution in [0.1, 0.15) is 40.0 Å². The maximum atomic E-state index is 11.6. The molecule has 1 aliphatic rings. The molecule has 0 aliphatic heterocycles. The highest BCUT2D eigenvalue weighted by Gasteiger charge is 2.23. The highest BCUT2D eigenvalue weighted by Crippen LogP contribution is 2.19. The van der Waals surface area contributed by atoms with Crippen LogP contribution in [0.2, 0.25) is 0 Å². The summed E-state index contributed by atoms with van der Waals surface area (Å²) in [4.78, 5) is 22.8.